The summed E-state index contributed by atoms with van der Waals surface area (Å²) in [7, 11) is 3.94. The predicted octanol–water partition coefficient (Wildman–Crippen LogP) is 0.862. The van der Waals surface area contributed by atoms with E-state index < -0.39 is 24.1 Å². The lowest BCUT2D eigenvalue weighted by molar-refractivity contribution is -0.139. The summed E-state index contributed by atoms with van der Waals surface area (Å²) in [4.78, 5) is 35.9. The van der Waals surface area contributed by atoms with E-state index in [4.69, 9.17) is 21.1 Å². The van der Waals surface area contributed by atoms with Gasteiger partial charge in [0.2, 0.25) is 0 Å². The Morgan fingerprint density at radius 1 is 1.12 bits per heavy atom. The van der Waals surface area contributed by atoms with Crippen LogP contribution in [0.3, 0.4) is 0 Å². The standard InChI is InChI=1S/C16H19ClN2O6/c1-23-13(24-2)9-19-15(21)12(16(22)25-3)8-18-14(20)10-4-6-11(17)7-5-10/h4-8,13H,9H2,1-3H3,(H,18,20)(H,19,21)/b12-8+. The second kappa shape index (κ2) is 10.4. The van der Waals surface area contributed by atoms with Crippen LogP contribution in [-0.2, 0) is 23.8 Å². The third kappa shape index (κ3) is 6.54. The number of nitrogens with one attached hydrogen (secondary N) is 2. The monoisotopic (exact) mass is 370 g/mol. The Kier molecular flexibility index (Phi) is 8.62. The first kappa shape index (κ1) is 20.6. The summed E-state index contributed by atoms with van der Waals surface area (Å²) in [6, 6.07) is 6.10. The van der Waals surface area contributed by atoms with Gasteiger partial charge in [-0.3, -0.25) is 9.59 Å². The molecule has 0 unspecified atom stereocenters. The molecule has 9 heteroatoms. The summed E-state index contributed by atoms with van der Waals surface area (Å²) in [6.07, 6.45) is 0.304. The summed E-state index contributed by atoms with van der Waals surface area (Å²) in [6.45, 7) is 0.00526. The normalized spacial score (nSPS) is 11.2. The van der Waals surface area contributed by atoms with E-state index >= 15 is 0 Å². The molecule has 0 aliphatic carbocycles. The van der Waals surface area contributed by atoms with E-state index in [1.54, 1.807) is 12.1 Å². The average Bonchev–Trinajstić information content (AvgIpc) is 2.62. The van der Waals surface area contributed by atoms with Crippen molar-refractivity contribution in [2.45, 2.75) is 6.29 Å². The zero-order valence-corrected chi connectivity index (χ0v) is 14.8. The van der Waals surface area contributed by atoms with Gasteiger partial charge < -0.3 is 24.8 Å². The predicted molar refractivity (Wildman–Crippen MR) is 89.8 cm³/mol. The van der Waals surface area contributed by atoms with E-state index in [0.717, 1.165) is 13.3 Å². The molecule has 0 aromatic heterocycles. The van der Waals surface area contributed by atoms with Gasteiger partial charge in [0.15, 0.2) is 6.29 Å². The van der Waals surface area contributed by atoms with Crippen LogP contribution in [0, 0.1) is 0 Å². The molecular formula is C16H19ClN2O6. The van der Waals surface area contributed by atoms with Crippen LogP contribution in [0.5, 0.6) is 0 Å². The van der Waals surface area contributed by atoms with E-state index in [1.165, 1.54) is 26.4 Å². The van der Waals surface area contributed by atoms with Crippen LogP contribution in [0.25, 0.3) is 0 Å². The van der Waals surface area contributed by atoms with Gasteiger partial charge in [-0.1, -0.05) is 11.6 Å². The van der Waals surface area contributed by atoms with Crippen molar-refractivity contribution in [3.63, 3.8) is 0 Å². The van der Waals surface area contributed by atoms with Crippen LogP contribution in [0.1, 0.15) is 10.4 Å². The number of rotatable bonds is 8. The molecule has 2 amide bonds. The van der Waals surface area contributed by atoms with E-state index in [-0.39, 0.29) is 12.1 Å². The zero-order valence-electron chi connectivity index (χ0n) is 14.0. The van der Waals surface area contributed by atoms with E-state index in [9.17, 15) is 14.4 Å². The quantitative estimate of drug-likeness (QED) is 0.231. The van der Waals surface area contributed by atoms with Crippen molar-refractivity contribution in [1.82, 2.24) is 10.6 Å². The third-order valence-corrected chi connectivity index (χ3v) is 3.31. The SMILES string of the molecule is COC(=O)/C(=C/NC(=O)c1ccc(Cl)cc1)C(=O)NCC(OC)OC. The van der Waals surface area contributed by atoms with Crippen LogP contribution in [-0.4, -0.2) is 51.9 Å². The second-order valence-corrected chi connectivity index (χ2v) is 5.08. The van der Waals surface area contributed by atoms with Gasteiger partial charge in [-0.2, -0.15) is 0 Å². The molecule has 0 saturated carbocycles. The Hall–Kier alpha value is -2.42. The maximum atomic E-state index is 12.1. The number of halogens is 1. The number of carbonyl (C=O) groups excluding carboxylic acids is 3. The maximum absolute atomic E-state index is 12.1. The van der Waals surface area contributed by atoms with Crippen LogP contribution in [0.4, 0.5) is 0 Å². The van der Waals surface area contributed by atoms with Crippen molar-refractivity contribution in [1.29, 1.82) is 0 Å². The third-order valence-electron chi connectivity index (χ3n) is 3.06. The van der Waals surface area contributed by atoms with Crippen LogP contribution < -0.4 is 10.6 Å². The van der Waals surface area contributed by atoms with Crippen molar-refractivity contribution in [2.75, 3.05) is 27.9 Å². The minimum absolute atomic E-state index is 0.00526. The molecule has 2 N–H and O–H groups in total. The van der Waals surface area contributed by atoms with Gasteiger partial charge >= 0.3 is 5.97 Å². The average molecular weight is 371 g/mol. The van der Waals surface area contributed by atoms with Crippen molar-refractivity contribution in [3.05, 3.63) is 46.6 Å². The lowest BCUT2D eigenvalue weighted by Gasteiger charge is -2.14. The highest BCUT2D eigenvalue weighted by atomic mass is 35.5. The first-order valence-corrected chi connectivity index (χ1v) is 7.49. The minimum Gasteiger partial charge on any atom is -0.465 e. The highest BCUT2D eigenvalue weighted by Crippen LogP contribution is 2.09. The van der Waals surface area contributed by atoms with Gasteiger partial charge in [0.05, 0.1) is 13.7 Å². The number of hydrogen-bond donors (Lipinski definition) is 2. The number of benzene rings is 1. The topological polar surface area (TPSA) is 103 Å². The Balaban J connectivity index is 2.81. The van der Waals surface area contributed by atoms with Crippen molar-refractivity contribution < 1.29 is 28.6 Å². The van der Waals surface area contributed by atoms with E-state index in [0.29, 0.717) is 10.6 Å². The largest absolute Gasteiger partial charge is 0.465 e. The molecule has 0 bridgehead atoms. The molecule has 0 aliphatic heterocycles. The molecular weight excluding hydrogens is 352 g/mol. The van der Waals surface area contributed by atoms with Gasteiger partial charge in [-0.25, -0.2) is 4.79 Å². The Bertz CT molecular complexity index is 641. The summed E-state index contributed by atoms with van der Waals surface area (Å²) < 4.78 is 14.4. The number of methoxy groups -OCH3 is 3. The highest BCUT2D eigenvalue weighted by Gasteiger charge is 2.20. The maximum Gasteiger partial charge on any atom is 0.344 e. The fourth-order valence-corrected chi connectivity index (χ4v) is 1.81. The molecule has 0 fully saturated rings. The molecule has 1 aromatic carbocycles. The summed E-state index contributed by atoms with van der Waals surface area (Å²) in [5, 5.41) is 5.29. The second-order valence-electron chi connectivity index (χ2n) is 4.64. The number of esters is 1. The smallest absolute Gasteiger partial charge is 0.344 e. The van der Waals surface area contributed by atoms with Crippen LogP contribution in [0.2, 0.25) is 5.02 Å². The highest BCUT2D eigenvalue weighted by molar-refractivity contribution is 6.30. The van der Waals surface area contributed by atoms with Crippen LogP contribution in [0.15, 0.2) is 36.0 Å². The molecule has 8 nitrogen and oxygen atoms in total. The zero-order chi connectivity index (χ0) is 18.8. The van der Waals surface area contributed by atoms with Gasteiger partial charge in [-0.05, 0) is 24.3 Å². The molecule has 136 valence electrons. The number of ether oxygens (including phenoxy) is 3. The Morgan fingerprint density at radius 2 is 1.72 bits per heavy atom. The fraction of sp³-hybridized carbons (Fsp3) is 0.312. The number of carbonyl (C=O) groups is 3. The molecule has 0 heterocycles. The van der Waals surface area contributed by atoms with Crippen LogP contribution >= 0.6 is 11.6 Å². The molecule has 1 rings (SSSR count). The van der Waals surface area contributed by atoms with Crippen molar-refractivity contribution in [3.8, 4) is 0 Å². The van der Waals surface area contributed by atoms with E-state index in [1.807, 2.05) is 0 Å². The lowest BCUT2D eigenvalue weighted by Crippen LogP contribution is -2.37. The molecule has 0 saturated heterocycles. The van der Waals surface area contributed by atoms with Crippen molar-refractivity contribution in [2.24, 2.45) is 0 Å². The first-order valence-electron chi connectivity index (χ1n) is 7.11. The summed E-state index contributed by atoms with van der Waals surface area (Å²) in [5.41, 5.74) is -0.0696. The molecule has 0 aliphatic rings. The lowest BCUT2D eigenvalue weighted by atomic mass is 10.2. The van der Waals surface area contributed by atoms with Gasteiger partial charge in [-0.15, -0.1) is 0 Å². The fourth-order valence-electron chi connectivity index (χ4n) is 1.68. The van der Waals surface area contributed by atoms with Gasteiger partial charge in [0.1, 0.15) is 5.57 Å². The Morgan fingerprint density at radius 3 is 2.24 bits per heavy atom. The minimum atomic E-state index is -0.903. The molecule has 0 spiro atoms. The first-order chi connectivity index (χ1) is 11.9. The van der Waals surface area contributed by atoms with Gasteiger partial charge in [0, 0.05) is 31.0 Å². The molecule has 25 heavy (non-hydrogen) atoms. The Labute approximate surface area is 150 Å². The van der Waals surface area contributed by atoms with Gasteiger partial charge in [0.25, 0.3) is 11.8 Å². The molecule has 0 radical (unpaired) electrons. The number of amides is 2. The summed E-state index contributed by atoms with van der Waals surface area (Å²) >= 11 is 5.75. The molecule has 1 aromatic rings. The van der Waals surface area contributed by atoms with E-state index in [2.05, 4.69) is 15.4 Å². The van der Waals surface area contributed by atoms with Crippen molar-refractivity contribution >= 4 is 29.4 Å². The summed E-state index contributed by atoms with van der Waals surface area (Å²) in [5.74, 6) is -2.17. The molecule has 0 atom stereocenters. The number of hydrogen-bond acceptors (Lipinski definition) is 6.